The average molecular weight is 523 g/mol. The van der Waals surface area contributed by atoms with Crippen molar-refractivity contribution in [3.05, 3.63) is 52.0 Å². The number of nitrogens with zero attached hydrogens (tertiary/aromatic N) is 3. The van der Waals surface area contributed by atoms with Crippen LogP contribution in [0.15, 0.2) is 41.3 Å². The van der Waals surface area contributed by atoms with Crippen LogP contribution in [0.25, 0.3) is 10.2 Å². The van der Waals surface area contributed by atoms with E-state index in [-0.39, 0.29) is 17.3 Å². The van der Waals surface area contributed by atoms with Crippen LogP contribution in [-0.2, 0) is 14.6 Å². The summed E-state index contributed by atoms with van der Waals surface area (Å²) in [5, 5.41) is 1.47. The van der Waals surface area contributed by atoms with Crippen LogP contribution in [0.4, 0.5) is 5.13 Å². The van der Waals surface area contributed by atoms with Gasteiger partial charge in [0.15, 0.2) is 15.0 Å². The number of hydrogen-bond acceptors (Lipinski definition) is 6. The smallest absolute Gasteiger partial charge is 0.244 e. The molecular formula is C20H22Cl3N3O3S2. The van der Waals surface area contributed by atoms with E-state index in [2.05, 4.69) is 4.98 Å². The van der Waals surface area contributed by atoms with Crippen molar-refractivity contribution < 1.29 is 13.2 Å². The maximum atomic E-state index is 13.1. The van der Waals surface area contributed by atoms with Crippen molar-refractivity contribution >= 4 is 78.0 Å². The van der Waals surface area contributed by atoms with Gasteiger partial charge in [-0.1, -0.05) is 34.5 Å². The zero-order valence-corrected chi connectivity index (χ0v) is 21.1. The van der Waals surface area contributed by atoms with Crippen LogP contribution in [0.2, 0.25) is 10.0 Å². The molecule has 0 aliphatic rings. The minimum atomic E-state index is -3.82. The number of hydrogen-bond donors (Lipinski definition) is 0. The lowest BCUT2D eigenvalue weighted by molar-refractivity contribution is -0.116. The lowest BCUT2D eigenvalue weighted by atomic mass is 10.2. The van der Waals surface area contributed by atoms with E-state index in [0.717, 1.165) is 10.3 Å². The largest absolute Gasteiger partial charge is 0.308 e. The molecule has 1 aromatic heterocycles. The Kier molecular flexibility index (Phi) is 8.72. The number of carbonyl (C=O) groups is 1. The summed E-state index contributed by atoms with van der Waals surface area (Å²) in [5.41, 5.74) is 1.54. The molecule has 6 nitrogen and oxygen atoms in total. The van der Waals surface area contributed by atoms with Gasteiger partial charge in [-0.3, -0.25) is 9.69 Å². The zero-order valence-electron chi connectivity index (χ0n) is 17.1. The zero-order chi connectivity index (χ0) is 22.1. The number of amides is 1. The van der Waals surface area contributed by atoms with E-state index in [4.69, 9.17) is 23.2 Å². The molecule has 0 saturated heterocycles. The van der Waals surface area contributed by atoms with Gasteiger partial charge in [-0.25, -0.2) is 13.4 Å². The summed E-state index contributed by atoms with van der Waals surface area (Å²) in [7, 11) is -0.0519. The number of anilines is 1. The summed E-state index contributed by atoms with van der Waals surface area (Å²) in [4.78, 5) is 21.1. The second-order valence-electron chi connectivity index (χ2n) is 7.08. The molecule has 1 amide bonds. The lowest BCUT2D eigenvalue weighted by Crippen LogP contribution is -2.40. The van der Waals surface area contributed by atoms with E-state index in [0.29, 0.717) is 33.8 Å². The van der Waals surface area contributed by atoms with Crippen molar-refractivity contribution in [2.75, 3.05) is 37.8 Å². The highest BCUT2D eigenvalue weighted by Gasteiger charge is 2.27. The molecular weight excluding hydrogens is 501 g/mol. The van der Waals surface area contributed by atoms with Gasteiger partial charge < -0.3 is 4.90 Å². The predicted octanol–water partition coefficient (Wildman–Crippen LogP) is 4.70. The Morgan fingerprint density at radius 2 is 1.71 bits per heavy atom. The average Bonchev–Trinajstić information content (AvgIpc) is 3.09. The standard InChI is InChI=1S/C20H21Cl2N3O3S2.ClH/c1-13-16(22)8-9-17-19(13)23-20(29-17)25(11-10-24(2)3)18(26)12-30(27,28)15-6-4-14(21)5-7-15;/h4-9H,10-12H2,1-3H3;1H. The number of rotatable bonds is 7. The fourth-order valence-corrected chi connectivity index (χ4v) is 5.34. The van der Waals surface area contributed by atoms with Crippen molar-refractivity contribution in [3.8, 4) is 0 Å². The maximum absolute atomic E-state index is 13.1. The minimum absolute atomic E-state index is 0. The van der Waals surface area contributed by atoms with Crippen LogP contribution in [0, 0.1) is 6.92 Å². The third-order valence-electron chi connectivity index (χ3n) is 4.53. The first-order chi connectivity index (χ1) is 14.1. The first kappa shape index (κ1) is 25.8. The van der Waals surface area contributed by atoms with E-state index in [1.807, 2.05) is 32.0 Å². The Hall–Kier alpha value is -1.42. The number of thiazole rings is 1. The molecule has 0 spiro atoms. The van der Waals surface area contributed by atoms with Crippen LogP contribution in [0.3, 0.4) is 0 Å². The van der Waals surface area contributed by atoms with Crippen LogP contribution < -0.4 is 4.90 Å². The second kappa shape index (κ2) is 10.5. The van der Waals surface area contributed by atoms with Gasteiger partial charge in [0.25, 0.3) is 0 Å². The summed E-state index contributed by atoms with van der Waals surface area (Å²) >= 11 is 13.4. The van der Waals surface area contributed by atoms with Crippen molar-refractivity contribution in [1.29, 1.82) is 0 Å². The van der Waals surface area contributed by atoms with Crippen LogP contribution >= 0.6 is 46.9 Å². The highest BCUT2D eigenvalue weighted by molar-refractivity contribution is 7.92. The number of fused-ring (bicyclic) bond motifs is 1. The van der Waals surface area contributed by atoms with E-state index < -0.39 is 21.5 Å². The second-order valence-corrected chi connectivity index (χ2v) is 10.9. The van der Waals surface area contributed by atoms with Gasteiger partial charge >= 0.3 is 0 Å². The van der Waals surface area contributed by atoms with Crippen LogP contribution in [-0.4, -0.2) is 57.1 Å². The summed E-state index contributed by atoms with van der Waals surface area (Å²) in [6, 6.07) is 9.42. The SMILES string of the molecule is Cc1c(Cl)ccc2sc(N(CCN(C)C)C(=O)CS(=O)(=O)c3ccc(Cl)cc3)nc12.Cl. The van der Waals surface area contributed by atoms with Gasteiger partial charge in [0, 0.05) is 23.1 Å². The van der Waals surface area contributed by atoms with Gasteiger partial charge in [0.2, 0.25) is 5.91 Å². The monoisotopic (exact) mass is 521 g/mol. The number of likely N-dealkylation sites (N-methyl/N-ethyl adjacent to an activating group) is 1. The molecule has 3 rings (SSSR count). The lowest BCUT2D eigenvalue weighted by Gasteiger charge is -2.22. The molecule has 0 atom stereocenters. The van der Waals surface area contributed by atoms with E-state index in [1.165, 1.54) is 40.5 Å². The van der Waals surface area contributed by atoms with Crippen molar-refractivity contribution in [2.24, 2.45) is 0 Å². The molecule has 3 aromatic rings. The van der Waals surface area contributed by atoms with Crippen LogP contribution in [0.1, 0.15) is 5.56 Å². The summed E-state index contributed by atoms with van der Waals surface area (Å²) in [6.07, 6.45) is 0. The van der Waals surface area contributed by atoms with Crippen molar-refractivity contribution in [3.63, 3.8) is 0 Å². The molecule has 0 aliphatic carbocycles. The minimum Gasteiger partial charge on any atom is -0.308 e. The van der Waals surface area contributed by atoms with Gasteiger partial charge in [0.1, 0.15) is 5.75 Å². The summed E-state index contributed by atoms with van der Waals surface area (Å²) in [6.45, 7) is 2.74. The molecule has 0 aliphatic heterocycles. The molecule has 0 fully saturated rings. The third kappa shape index (κ3) is 6.09. The number of aryl methyl sites for hydroxylation is 1. The fraction of sp³-hybridized carbons (Fsp3) is 0.300. The Morgan fingerprint density at radius 3 is 2.32 bits per heavy atom. The number of benzene rings is 2. The normalized spacial score (nSPS) is 11.5. The molecule has 31 heavy (non-hydrogen) atoms. The summed E-state index contributed by atoms with van der Waals surface area (Å²) < 4.78 is 26.4. The quantitative estimate of drug-likeness (QED) is 0.450. The predicted molar refractivity (Wildman–Crippen MR) is 131 cm³/mol. The molecule has 0 bridgehead atoms. The maximum Gasteiger partial charge on any atom is 0.244 e. The Morgan fingerprint density at radius 1 is 1.06 bits per heavy atom. The molecule has 0 N–H and O–H groups in total. The van der Waals surface area contributed by atoms with Gasteiger partial charge in [-0.05, 0) is 63.0 Å². The molecule has 1 heterocycles. The van der Waals surface area contributed by atoms with Gasteiger partial charge in [-0.15, -0.1) is 12.4 Å². The van der Waals surface area contributed by atoms with Crippen LogP contribution in [0.5, 0.6) is 0 Å². The van der Waals surface area contributed by atoms with Crippen molar-refractivity contribution in [1.82, 2.24) is 9.88 Å². The third-order valence-corrected chi connectivity index (χ3v) is 7.85. The Bertz CT molecular complexity index is 1180. The highest BCUT2D eigenvalue weighted by atomic mass is 35.5. The fourth-order valence-electron chi connectivity index (χ4n) is 2.80. The van der Waals surface area contributed by atoms with Gasteiger partial charge in [-0.2, -0.15) is 0 Å². The molecule has 0 radical (unpaired) electrons. The number of aromatic nitrogens is 1. The van der Waals surface area contributed by atoms with Gasteiger partial charge in [0.05, 0.1) is 15.1 Å². The number of sulfone groups is 1. The molecule has 0 saturated carbocycles. The van der Waals surface area contributed by atoms with E-state index >= 15 is 0 Å². The van der Waals surface area contributed by atoms with E-state index in [1.54, 1.807) is 6.07 Å². The number of carbonyl (C=O) groups excluding carboxylic acids is 1. The molecule has 2 aromatic carbocycles. The Balaban J connectivity index is 0.00000341. The molecule has 168 valence electrons. The first-order valence-electron chi connectivity index (χ1n) is 9.07. The number of halogens is 3. The Labute approximate surface area is 202 Å². The first-order valence-corrected chi connectivity index (χ1v) is 12.3. The van der Waals surface area contributed by atoms with Crippen molar-refractivity contribution in [2.45, 2.75) is 11.8 Å². The van der Waals surface area contributed by atoms with E-state index in [9.17, 15) is 13.2 Å². The summed E-state index contributed by atoms with van der Waals surface area (Å²) in [5.74, 6) is -1.19. The highest BCUT2D eigenvalue weighted by Crippen LogP contribution is 2.33. The molecule has 11 heteroatoms. The molecule has 0 unspecified atom stereocenters. The topological polar surface area (TPSA) is 70.6 Å².